The summed E-state index contributed by atoms with van der Waals surface area (Å²) < 4.78 is 0. The maximum Gasteiger partial charge on any atom is 0.326 e. The number of carbonyl (C=O) groups is 2. The van der Waals surface area contributed by atoms with Crippen molar-refractivity contribution < 1.29 is 14.7 Å². The lowest BCUT2D eigenvalue weighted by Crippen LogP contribution is -2.41. The second-order valence-corrected chi connectivity index (χ2v) is 5.77. The van der Waals surface area contributed by atoms with E-state index in [1.807, 2.05) is 47.8 Å². The van der Waals surface area contributed by atoms with Crippen LogP contribution in [-0.4, -0.2) is 23.0 Å². The van der Waals surface area contributed by atoms with Crippen LogP contribution < -0.4 is 5.32 Å². The highest BCUT2D eigenvalue weighted by atomic mass is 32.1. The molecule has 4 nitrogen and oxygen atoms in total. The van der Waals surface area contributed by atoms with Crippen molar-refractivity contribution in [2.24, 2.45) is 0 Å². The molecule has 0 bridgehead atoms. The first-order valence-corrected chi connectivity index (χ1v) is 7.61. The van der Waals surface area contributed by atoms with E-state index in [9.17, 15) is 14.7 Å². The second-order valence-electron chi connectivity index (χ2n) is 4.74. The Morgan fingerprint density at radius 2 is 1.90 bits per heavy atom. The van der Waals surface area contributed by atoms with Crippen molar-refractivity contribution in [2.45, 2.75) is 25.3 Å². The van der Waals surface area contributed by atoms with Crippen molar-refractivity contribution in [3.8, 4) is 0 Å². The first-order chi connectivity index (χ1) is 10.1. The Morgan fingerprint density at radius 3 is 2.52 bits per heavy atom. The van der Waals surface area contributed by atoms with Crippen LogP contribution in [0.15, 0.2) is 47.8 Å². The fraction of sp³-hybridized carbons (Fsp3) is 0.250. The van der Waals surface area contributed by atoms with E-state index in [2.05, 4.69) is 5.32 Å². The first kappa shape index (κ1) is 15.3. The number of aliphatic carboxylic acids is 1. The number of thiophene rings is 1. The zero-order valence-electron chi connectivity index (χ0n) is 11.5. The van der Waals surface area contributed by atoms with Crippen molar-refractivity contribution in [3.63, 3.8) is 0 Å². The van der Waals surface area contributed by atoms with Crippen LogP contribution in [0.3, 0.4) is 0 Å². The molecule has 0 radical (unpaired) electrons. The molecule has 1 atom stereocenters. The number of amides is 1. The lowest BCUT2D eigenvalue weighted by Gasteiger charge is -2.14. The number of hydrogen-bond donors (Lipinski definition) is 2. The Hall–Kier alpha value is -2.14. The van der Waals surface area contributed by atoms with Crippen LogP contribution in [0.1, 0.15) is 16.9 Å². The highest BCUT2D eigenvalue weighted by Gasteiger charge is 2.19. The first-order valence-electron chi connectivity index (χ1n) is 6.73. The average Bonchev–Trinajstić information content (AvgIpc) is 2.97. The van der Waals surface area contributed by atoms with Gasteiger partial charge in [0.05, 0.1) is 6.42 Å². The summed E-state index contributed by atoms with van der Waals surface area (Å²) in [6.07, 6.45) is 1.24. The zero-order valence-corrected chi connectivity index (χ0v) is 12.3. The van der Waals surface area contributed by atoms with Crippen molar-refractivity contribution >= 4 is 23.2 Å². The number of hydrogen-bond acceptors (Lipinski definition) is 3. The fourth-order valence-electron chi connectivity index (χ4n) is 2.03. The average molecular weight is 303 g/mol. The zero-order chi connectivity index (χ0) is 15.1. The number of carboxylic acid groups (broad SMARTS) is 1. The van der Waals surface area contributed by atoms with Crippen LogP contribution in [-0.2, 0) is 22.4 Å². The molecule has 0 saturated carbocycles. The summed E-state index contributed by atoms with van der Waals surface area (Å²) in [6, 6.07) is 12.5. The highest BCUT2D eigenvalue weighted by Crippen LogP contribution is 2.10. The minimum atomic E-state index is -0.995. The Balaban J connectivity index is 1.87. The largest absolute Gasteiger partial charge is 0.480 e. The van der Waals surface area contributed by atoms with Crippen LogP contribution in [0, 0.1) is 0 Å². The van der Waals surface area contributed by atoms with Gasteiger partial charge in [0.25, 0.3) is 0 Å². The molecule has 0 aliphatic heterocycles. The summed E-state index contributed by atoms with van der Waals surface area (Å²) in [5, 5.41) is 13.7. The van der Waals surface area contributed by atoms with Crippen LogP contribution in [0.4, 0.5) is 0 Å². The molecule has 21 heavy (non-hydrogen) atoms. The molecular weight excluding hydrogens is 286 g/mol. The van der Waals surface area contributed by atoms with E-state index in [-0.39, 0.29) is 12.3 Å². The van der Waals surface area contributed by atoms with Gasteiger partial charge in [0, 0.05) is 4.88 Å². The van der Waals surface area contributed by atoms with E-state index < -0.39 is 12.0 Å². The maximum atomic E-state index is 11.9. The molecule has 1 amide bonds. The van der Waals surface area contributed by atoms with E-state index >= 15 is 0 Å². The molecule has 1 aromatic heterocycles. The normalized spacial score (nSPS) is 11.8. The summed E-state index contributed by atoms with van der Waals surface area (Å²) in [5.74, 6) is -1.25. The van der Waals surface area contributed by atoms with Gasteiger partial charge in [-0.05, 0) is 29.9 Å². The molecular formula is C16H17NO3S. The smallest absolute Gasteiger partial charge is 0.326 e. The molecule has 0 unspecified atom stereocenters. The van der Waals surface area contributed by atoms with Gasteiger partial charge in [-0.25, -0.2) is 4.79 Å². The number of nitrogens with one attached hydrogen (secondary N) is 1. The van der Waals surface area contributed by atoms with Crippen molar-refractivity contribution in [1.82, 2.24) is 5.32 Å². The quantitative estimate of drug-likeness (QED) is 0.826. The summed E-state index contributed by atoms with van der Waals surface area (Å²) in [4.78, 5) is 24.0. The van der Waals surface area contributed by atoms with E-state index in [1.165, 1.54) is 11.3 Å². The van der Waals surface area contributed by atoms with Crippen LogP contribution in [0.2, 0.25) is 0 Å². The van der Waals surface area contributed by atoms with Gasteiger partial charge in [0.15, 0.2) is 0 Å². The molecule has 0 fully saturated rings. The third kappa shape index (κ3) is 5.04. The fourth-order valence-corrected chi connectivity index (χ4v) is 2.73. The Labute approximate surface area is 127 Å². The monoisotopic (exact) mass is 303 g/mol. The molecule has 110 valence electrons. The SMILES string of the molecule is O=C(Cc1cccs1)N[C@@H](CCc1ccccc1)C(=O)O. The van der Waals surface area contributed by atoms with Crippen molar-refractivity contribution in [2.75, 3.05) is 0 Å². The van der Waals surface area contributed by atoms with Gasteiger partial charge in [-0.15, -0.1) is 11.3 Å². The van der Waals surface area contributed by atoms with Gasteiger partial charge in [0.1, 0.15) is 6.04 Å². The second kappa shape index (κ2) is 7.59. The summed E-state index contributed by atoms with van der Waals surface area (Å²) in [7, 11) is 0. The summed E-state index contributed by atoms with van der Waals surface area (Å²) >= 11 is 1.49. The number of carboxylic acids is 1. The molecule has 0 aliphatic carbocycles. The lowest BCUT2D eigenvalue weighted by molar-refractivity contribution is -0.141. The number of aryl methyl sites for hydroxylation is 1. The van der Waals surface area contributed by atoms with Gasteiger partial charge in [-0.2, -0.15) is 0 Å². The Bertz CT molecular complexity index is 581. The lowest BCUT2D eigenvalue weighted by atomic mass is 10.1. The standard InChI is InChI=1S/C16H17NO3S/c18-15(11-13-7-4-10-21-13)17-14(16(19)20)9-8-12-5-2-1-3-6-12/h1-7,10,14H,8-9,11H2,(H,17,18)(H,19,20)/t14-/m0/s1. The molecule has 0 aliphatic rings. The predicted molar refractivity (Wildman–Crippen MR) is 82.4 cm³/mol. The molecule has 5 heteroatoms. The Morgan fingerprint density at radius 1 is 1.14 bits per heavy atom. The van der Waals surface area contributed by atoms with Crippen LogP contribution in [0.5, 0.6) is 0 Å². The number of benzene rings is 1. The minimum absolute atomic E-state index is 0.229. The third-order valence-corrected chi connectivity index (χ3v) is 3.99. The third-order valence-electron chi connectivity index (χ3n) is 3.11. The van der Waals surface area contributed by atoms with E-state index in [1.54, 1.807) is 0 Å². The topological polar surface area (TPSA) is 66.4 Å². The van der Waals surface area contributed by atoms with Crippen molar-refractivity contribution in [1.29, 1.82) is 0 Å². The van der Waals surface area contributed by atoms with Crippen molar-refractivity contribution in [3.05, 3.63) is 58.3 Å². The molecule has 0 saturated heterocycles. The van der Waals surface area contributed by atoms with Gasteiger partial charge >= 0.3 is 5.97 Å². The minimum Gasteiger partial charge on any atom is -0.480 e. The summed E-state index contributed by atoms with van der Waals surface area (Å²) in [6.45, 7) is 0. The van der Waals surface area contributed by atoms with Gasteiger partial charge in [0.2, 0.25) is 5.91 Å². The van der Waals surface area contributed by atoms with E-state index in [0.29, 0.717) is 12.8 Å². The molecule has 1 aromatic carbocycles. The van der Waals surface area contributed by atoms with Gasteiger partial charge < -0.3 is 10.4 Å². The van der Waals surface area contributed by atoms with Gasteiger partial charge in [-0.1, -0.05) is 36.4 Å². The number of carbonyl (C=O) groups excluding carboxylic acids is 1. The highest BCUT2D eigenvalue weighted by molar-refractivity contribution is 7.10. The van der Waals surface area contributed by atoms with E-state index in [0.717, 1.165) is 10.4 Å². The van der Waals surface area contributed by atoms with Crippen LogP contribution in [0.25, 0.3) is 0 Å². The van der Waals surface area contributed by atoms with E-state index in [4.69, 9.17) is 0 Å². The molecule has 1 heterocycles. The Kier molecular flexibility index (Phi) is 5.51. The molecule has 2 N–H and O–H groups in total. The van der Waals surface area contributed by atoms with Crippen LogP contribution >= 0.6 is 11.3 Å². The molecule has 2 rings (SSSR count). The number of rotatable bonds is 7. The summed E-state index contributed by atoms with van der Waals surface area (Å²) in [5.41, 5.74) is 1.07. The maximum absolute atomic E-state index is 11.9. The van der Waals surface area contributed by atoms with Gasteiger partial charge in [-0.3, -0.25) is 4.79 Å². The predicted octanol–water partition coefficient (Wildman–Crippen LogP) is 2.49. The molecule has 2 aromatic rings. The molecule has 0 spiro atoms.